The fraction of sp³-hybridized carbons (Fsp3) is 0.0526. The molecule has 0 aliphatic rings. The number of hydrogen-bond donors (Lipinski definition) is 0. The van der Waals surface area contributed by atoms with Crippen LogP contribution in [0.4, 0.5) is 11.4 Å². The summed E-state index contributed by atoms with van der Waals surface area (Å²) in [6.07, 6.45) is 1.63. The van der Waals surface area contributed by atoms with Crippen molar-refractivity contribution in [2.24, 2.45) is 0 Å². The largest absolute Gasteiger partial charge is 0.302 e. The zero-order valence-electron chi connectivity index (χ0n) is 13.9. The first-order valence-electron chi connectivity index (χ1n) is 7.87. The monoisotopic (exact) mass is 401 g/mol. The molecular weight excluding hydrogens is 389 g/mol. The van der Waals surface area contributed by atoms with Crippen LogP contribution in [-0.2, 0) is 6.54 Å². The van der Waals surface area contributed by atoms with Crippen LogP contribution in [0.15, 0.2) is 66.9 Å². The Balaban J connectivity index is 2.01. The topological polar surface area (TPSA) is 76.3 Å². The van der Waals surface area contributed by atoms with Gasteiger partial charge in [-0.05, 0) is 48.5 Å². The van der Waals surface area contributed by atoms with E-state index in [1.54, 1.807) is 42.6 Å². The molecule has 0 unspecified atom stereocenters. The van der Waals surface area contributed by atoms with E-state index in [4.69, 9.17) is 23.2 Å². The van der Waals surface area contributed by atoms with Gasteiger partial charge in [-0.1, -0.05) is 29.3 Å². The lowest BCUT2D eigenvalue weighted by Crippen LogP contribution is -2.30. The van der Waals surface area contributed by atoms with E-state index < -0.39 is 10.8 Å². The molecule has 0 radical (unpaired) electrons. The number of halogens is 2. The van der Waals surface area contributed by atoms with Crippen molar-refractivity contribution in [3.05, 3.63) is 98.3 Å². The molecule has 0 aliphatic heterocycles. The zero-order valence-corrected chi connectivity index (χ0v) is 15.4. The maximum absolute atomic E-state index is 13.1. The minimum Gasteiger partial charge on any atom is -0.302 e. The van der Waals surface area contributed by atoms with Crippen molar-refractivity contribution >= 4 is 40.5 Å². The Bertz CT molecular complexity index is 979. The summed E-state index contributed by atoms with van der Waals surface area (Å²) in [5.74, 6) is -0.414. The van der Waals surface area contributed by atoms with Gasteiger partial charge in [0.2, 0.25) is 0 Å². The molecular formula is C19H13Cl2N3O3. The molecule has 0 aliphatic carbocycles. The first kappa shape index (κ1) is 18.8. The molecule has 0 N–H and O–H groups in total. The van der Waals surface area contributed by atoms with E-state index in [1.165, 1.54) is 23.1 Å². The van der Waals surface area contributed by atoms with E-state index in [-0.39, 0.29) is 22.8 Å². The molecule has 0 fully saturated rings. The van der Waals surface area contributed by atoms with Crippen molar-refractivity contribution in [3.63, 3.8) is 0 Å². The van der Waals surface area contributed by atoms with Crippen molar-refractivity contribution in [1.82, 2.24) is 4.98 Å². The molecule has 27 heavy (non-hydrogen) atoms. The Labute approximate surface area is 165 Å². The van der Waals surface area contributed by atoms with Crippen molar-refractivity contribution < 1.29 is 9.72 Å². The summed E-state index contributed by atoms with van der Waals surface area (Å²) in [6, 6.07) is 16.1. The predicted molar refractivity (Wildman–Crippen MR) is 104 cm³/mol. The number of carbonyl (C=O) groups excluding carboxylic acids is 1. The fourth-order valence-corrected chi connectivity index (χ4v) is 2.81. The predicted octanol–water partition coefficient (Wildman–Crippen LogP) is 5.14. The lowest BCUT2D eigenvalue weighted by Gasteiger charge is -2.23. The molecule has 1 amide bonds. The molecule has 0 saturated heterocycles. The van der Waals surface area contributed by atoms with Gasteiger partial charge in [0.25, 0.3) is 11.6 Å². The van der Waals surface area contributed by atoms with Crippen molar-refractivity contribution in [3.8, 4) is 0 Å². The van der Waals surface area contributed by atoms with Gasteiger partial charge < -0.3 is 4.90 Å². The van der Waals surface area contributed by atoms with Crippen LogP contribution in [0.1, 0.15) is 16.1 Å². The van der Waals surface area contributed by atoms with Crippen LogP contribution in [0.5, 0.6) is 0 Å². The van der Waals surface area contributed by atoms with Gasteiger partial charge in [0, 0.05) is 28.5 Å². The molecule has 1 aromatic heterocycles. The number of nitro benzene ring substituents is 1. The SMILES string of the molecule is O=C(c1ccc(Cl)c([N+](=O)[O-])c1)N(Cc1ccccn1)c1ccc(Cl)cc1. The van der Waals surface area contributed by atoms with E-state index in [0.717, 1.165) is 0 Å². The Kier molecular flexibility index (Phi) is 5.69. The standard InChI is InChI=1S/C19H13Cl2N3O3/c20-14-5-7-16(8-6-14)23(12-15-3-1-2-10-22-15)19(25)13-4-9-17(21)18(11-13)24(26)27/h1-11H,12H2. The highest BCUT2D eigenvalue weighted by molar-refractivity contribution is 6.32. The fourth-order valence-electron chi connectivity index (χ4n) is 2.50. The van der Waals surface area contributed by atoms with E-state index >= 15 is 0 Å². The smallest absolute Gasteiger partial charge is 0.288 e. The van der Waals surface area contributed by atoms with Crippen molar-refractivity contribution in [2.45, 2.75) is 6.54 Å². The molecule has 6 nitrogen and oxygen atoms in total. The molecule has 8 heteroatoms. The molecule has 3 aromatic rings. The number of rotatable bonds is 5. The second kappa shape index (κ2) is 8.16. The highest BCUT2D eigenvalue weighted by atomic mass is 35.5. The first-order chi connectivity index (χ1) is 13.0. The molecule has 0 atom stereocenters. The van der Waals surface area contributed by atoms with Crippen molar-refractivity contribution in [1.29, 1.82) is 0 Å². The second-order valence-electron chi connectivity index (χ2n) is 5.61. The Morgan fingerprint density at radius 3 is 2.44 bits per heavy atom. The summed E-state index contributed by atoms with van der Waals surface area (Å²) in [5, 5.41) is 11.6. The lowest BCUT2D eigenvalue weighted by molar-refractivity contribution is -0.384. The third-order valence-electron chi connectivity index (χ3n) is 3.82. The number of benzene rings is 2. The second-order valence-corrected chi connectivity index (χ2v) is 6.46. The molecule has 3 rings (SSSR count). The number of hydrogen-bond acceptors (Lipinski definition) is 4. The maximum Gasteiger partial charge on any atom is 0.288 e. The normalized spacial score (nSPS) is 10.4. The Morgan fingerprint density at radius 1 is 1.07 bits per heavy atom. The van der Waals surface area contributed by atoms with Crippen LogP contribution >= 0.6 is 23.2 Å². The summed E-state index contributed by atoms with van der Waals surface area (Å²) in [6.45, 7) is 0.192. The van der Waals surface area contributed by atoms with E-state index in [9.17, 15) is 14.9 Å². The molecule has 0 bridgehead atoms. The third kappa shape index (κ3) is 4.42. The highest BCUT2D eigenvalue weighted by Gasteiger charge is 2.22. The number of nitro groups is 1. The lowest BCUT2D eigenvalue weighted by atomic mass is 10.1. The van der Waals surface area contributed by atoms with Gasteiger partial charge >= 0.3 is 0 Å². The molecule has 1 heterocycles. The van der Waals surface area contributed by atoms with Gasteiger partial charge in [0.1, 0.15) is 5.02 Å². The molecule has 0 saturated carbocycles. The van der Waals surface area contributed by atoms with Crippen LogP contribution in [0.25, 0.3) is 0 Å². The molecule has 2 aromatic carbocycles. The van der Waals surface area contributed by atoms with Crippen LogP contribution in [0.2, 0.25) is 10.0 Å². The van der Waals surface area contributed by atoms with E-state index in [0.29, 0.717) is 16.4 Å². The summed E-state index contributed by atoms with van der Waals surface area (Å²) in [4.78, 5) is 29.4. The summed E-state index contributed by atoms with van der Waals surface area (Å²) in [7, 11) is 0. The average molecular weight is 402 g/mol. The first-order valence-corrected chi connectivity index (χ1v) is 8.62. The van der Waals surface area contributed by atoms with Gasteiger partial charge in [-0.2, -0.15) is 0 Å². The number of carbonyl (C=O) groups is 1. The summed E-state index contributed by atoms with van der Waals surface area (Å²) >= 11 is 11.8. The van der Waals surface area contributed by atoms with Gasteiger partial charge in [0.05, 0.1) is 17.2 Å². The summed E-state index contributed by atoms with van der Waals surface area (Å²) < 4.78 is 0. The summed E-state index contributed by atoms with van der Waals surface area (Å²) in [5.41, 5.74) is 1.09. The van der Waals surface area contributed by atoms with Gasteiger partial charge in [-0.3, -0.25) is 19.9 Å². The van der Waals surface area contributed by atoms with Crippen LogP contribution in [0.3, 0.4) is 0 Å². The quantitative estimate of drug-likeness (QED) is 0.437. The highest BCUT2D eigenvalue weighted by Crippen LogP contribution is 2.28. The number of nitrogens with zero attached hydrogens (tertiary/aromatic N) is 3. The number of amides is 1. The molecule has 0 spiro atoms. The zero-order chi connectivity index (χ0) is 19.4. The Hall–Kier alpha value is -2.96. The molecule has 136 valence electrons. The van der Waals surface area contributed by atoms with Crippen molar-refractivity contribution in [2.75, 3.05) is 4.90 Å². The number of aromatic nitrogens is 1. The van der Waals surface area contributed by atoms with E-state index in [2.05, 4.69) is 4.98 Å². The number of anilines is 1. The van der Waals surface area contributed by atoms with Crippen LogP contribution < -0.4 is 4.90 Å². The van der Waals surface area contributed by atoms with Gasteiger partial charge in [0.15, 0.2) is 0 Å². The minimum absolute atomic E-state index is 0.0284. The Morgan fingerprint density at radius 2 is 1.81 bits per heavy atom. The maximum atomic E-state index is 13.1. The average Bonchev–Trinajstić information content (AvgIpc) is 2.67. The van der Waals surface area contributed by atoms with Gasteiger partial charge in [-0.15, -0.1) is 0 Å². The van der Waals surface area contributed by atoms with Crippen LogP contribution in [0, 0.1) is 10.1 Å². The minimum atomic E-state index is -0.621. The third-order valence-corrected chi connectivity index (χ3v) is 4.39. The van der Waals surface area contributed by atoms with E-state index in [1.807, 2.05) is 6.07 Å². The van der Waals surface area contributed by atoms with Gasteiger partial charge in [-0.25, -0.2) is 0 Å². The van der Waals surface area contributed by atoms with Crippen LogP contribution in [-0.4, -0.2) is 15.8 Å². The number of pyridine rings is 1.